The molecule has 1 aliphatic rings. The van der Waals surface area contributed by atoms with E-state index >= 15 is 0 Å². The highest BCUT2D eigenvalue weighted by Gasteiger charge is 2.35. The van der Waals surface area contributed by atoms with Gasteiger partial charge in [0.15, 0.2) is 12.1 Å². The fourth-order valence-corrected chi connectivity index (χ4v) is 2.70. The van der Waals surface area contributed by atoms with Crippen molar-refractivity contribution < 1.29 is 24.5 Å². The number of aldehydes is 1. The summed E-state index contributed by atoms with van der Waals surface area (Å²) in [7, 11) is 0. The molecule has 3 atom stereocenters. The summed E-state index contributed by atoms with van der Waals surface area (Å²) in [5.74, 6) is -0.668. The van der Waals surface area contributed by atoms with E-state index in [1.807, 2.05) is 0 Å². The summed E-state index contributed by atoms with van der Waals surface area (Å²) in [5, 5.41) is 21.4. The number of amides is 1. The topological polar surface area (TPSA) is 131 Å². The van der Waals surface area contributed by atoms with Crippen molar-refractivity contribution in [2.45, 2.75) is 24.9 Å². The van der Waals surface area contributed by atoms with Gasteiger partial charge in [0.05, 0.1) is 18.3 Å². The van der Waals surface area contributed by atoms with Crippen LogP contribution < -0.4 is 11.0 Å². The predicted molar refractivity (Wildman–Crippen MR) is 89.9 cm³/mol. The Labute approximate surface area is 147 Å². The Balaban J connectivity index is 1.87. The molecule has 9 nitrogen and oxygen atoms in total. The number of rotatable bonds is 5. The number of carbonyl (C=O) groups excluding carboxylic acids is 2. The molecule has 0 bridgehead atoms. The lowest BCUT2D eigenvalue weighted by Crippen LogP contribution is -2.30. The number of aliphatic hydroxyl groups excluding tert-OH is 2. The number of carbonyl (C=O) groups is 2. The van der Waals surface area contributed by atoms with Gasteiger partial charge < -0.3 is 20.3 Å². The van der Waals surface area contributed by atoms with Gasteiger partial charge in [0, 0.05) is 18.2 Å². The molecule has 3 N–H and O–H groups in total. The molecule has 0 aliphatic carbocycles. The van der Waals surface area contributed by atoms with Gasteiger partial charge in [0.2, 0.25) is 0 Å². The van der Waals surface area contributed by atoms with Crippen LogP contribution in [0.15, 0.2) is 41.3 Å². The van der Waals surface area contributed by atoms with Gasteiger partial charge >= 0.3 is 5.69 Å². The molecular formula is C17H17N3O6. The van der Waals surface area contributed by atoms with E-state index in [9.17, 15) is 19.5 Å². The Hall–Kier alpha value is -2.88. The SMILES string of the molecule is O=Cc1cn([C@H]2C[C@H](O)[C@@H](CO)O2)c(=O)nc1NC(=O)c1ccccc1. The van der Waals surface area contributed by atoms with Crippen molar-refractivity contribution in [2.75, 3.05) is 11.9 Å². The summed E-state index contributed by atoms with van der Waals surface area (Å²) in [6.45, 7) is -0.397. The zero-order valence-electron chi connectivity index (χ0n) is 13.6. The molecule has 1 aromatic heterocycles. The Kier molecular flexibility index (Phi) is 5.21. The number of benzene rings is 1. The molecule has 2 aromatic rings. The van der Waals surface area contributed by atoms with Crippen molar-refractivity contribution in [1.29, 1.82) is 0 Å². The first kappa shape index (κ1) is 17.9. The number of aliphatic hydroxyl groups is 2. The number of ether oxygens (including phenoxy) is 1. The van der Waals surface area contributed by atoms with Crippen LogP contribution >= 0.6 is 0 Å². The average Bonchev–Trinajstić information content (AvgIpc) is 3.03. The second-order valence-electron chi connectivity index (χ2n) is 5.79. The van der Waals surface area contributed by atoms with Crippen molar-refractivity contribution in [3.63, 3.8) is 0 Å². The molecule has 2 heterocycles. The van der Waals surface area contributed by atoms with E-state index in [4.69, 9.17) is 9.84 Å². The molecular weight excluding hydrogens is 342 g/mol. The highest BCUT2D eigenvalue weighted by Crippen LogP contribution is 2.27. The van der Waals surface area contributed by atoms with Gasteiger partial charge in [0.1, 0.15) is 12.3 Å². The lowest BCUT2D eigenvalue weighted by atomic mass is 10.2. The predicted octanol–water partition coefficient (Wildman–Crippen LogP) is -0.0512. The number of hydrogen-bond donors (Lipinski definition) is 3. The van der Waals surface area contributed by atoms with Crippen molar-refractivity contribution in [3.05, 3.63) is 58.1 Å². The monoisotopic (exact) mass is 359 g/mol. The van der Waals surface area contributed by atoms with Gasteiger partial charge in [-0.25, -0.2) is 4.79 Å². The first-order valence-corrected chi connectivity index (χ1v) is 7.92. The van der Waals surface area contributed by atoms with E-state index < -0.39 is 36.6 Å². The van der Waals surface area contributed by atoms with Gasteiger partial charge in [-0.05, 0) is 12.1 Å². The van der Waals surface area contributed by atoms with Crippen LogP contribution in [-0.4, -0.2) is 50.8 Å². The van der Waals surface area contributed by atoms with Gasteiger partial charge in [-0.2, -0.15) is 4.98 Å². The van der Waals surface area contributed by atoms with E-state index in [1.54, 1.807) is 30.3 Å². The quantitative estimate of drug-likeness (QED) is 0.638. The Morgan fingerprint density at radius 2 is 2.12 bits per heavy atom. The smallest absolute Gasteiger partial charge is 0.351 e. The van der Waals surface area contributed by atoms with Gasteiger partial charge in [-0.15, -0.1) is 0 Å². The fourth-order valence-electron chi connectivity index (χ4n) is 2.70. The molecule has 0 radical (unpaired) electrons. The highest BCUT2D eigenvalue weighted by atomic mass is 16.5. The molecule has 1 amide bonds. The van der Waals surface area contributed by atoms with E-state index in [-0.39, 0.29) is 17.8 Å². The zero-order chi connectivity index (χ0) is 18.7. The first-order valence-electron chi connectivity index (χ1n) is 7.92. The maximum atomic E-state index is 12.3. The summed E-state index contributed by atoms with van der Waals surface area (Å²) in [4.78, 5) is 39.6. The van der Waals surface area contributed by atoms with Crippen molar-refractivity contribution in [2.24, 2.45) is 0 Å². The molecule has 0 saturated carbocycles. The van der Waals surface area contributed by atoms with Crippen LogP contribution in [0.1, 0.15) is 33.4 Å². The highest BCUT2D eigenvalue weighted by molar-refractivity contribution is 6.05. The molecule has 1 aliphatic heterocycles. The minimum Gasteiger partial charge on any atom is -0.394 e. The molecule has 3 rings (SSSR count). The second kappa shape index (κ2) is 7.56. The molecule has 1 saturated heterocycles. The van der Waals surface area contributed by atoms with Crippen LogP contribution in [0.4, 0.5) is 5.82 Å². The standard InChI is InChI=1S/C17H17N3O6/c21-8-11-7-20(14-6-12(23)13(9-22)26-14)17(25)19-15(11)18-16(24)10-4-2-1-3-5-10/h1-5,7-8,12-14,22-23H,6,9H2,(H,18,19,24,25)/t12-,13+,14+/m0/s1. The first-order chi connectivity index (χ1) is 12.5. The van der Waals surface area contributed by atoms with Crippen LogP contribution in [-0.2, 0) is 4.74 Å². The Bertz CT molecular complexity index is 867. The van der Waals surface area contributed by atoms with E-state index in [0.29, 0.717) is 11.8 Å². The molecule has 0 unspecified atom stereocenters. The summed E-state index contributed by atoms with van der Waals surface area (Å²) in [6, 6.07) is 8.28. The molecule has 136 valence electrons. The molecule has 1 aromatic carbocycles. The number of hydrogen-bond acceptors (Lipinski definition) is 7. The van der Waals surface area contributed by atoms with Crippen molar-refractivity contribution in [3.8, 4) is 0 Å². The van der Waals surface area contributed by atoms with E-state index in [1.165, 1.54) is 6.20 Å². The average molecular weight is 359 g/mol. The van der Waals surface area contributed by atoms with Crippen molar-refractivity contribution in [1.82, 2.24) is 9.55 Å². The largest absolute Gasteiger partial charge is 0.394 e. The maximum Gasteiger partial charge on any atom is 0.351 e. The fraction of sp³-hybridized carbons (Fsp3) is 0.294. The van der Waals surface area contributed by atoms with Gasteiger partial charge in [0.25, 0.3) is 5.91 Å². The summed E-state index contributed by atoms with van der Waals surface area (Å²) in [5.41, 5.74) is -0.419. The number of anilines is 1. The zero-order valence-corrected chi connectivity index (χ0v) is 13.6. The third kappa shape index (κ3) is 3.54. The van der Waals surface area contributed by atoms with Crippen LogP contribution in [0, 0.1) is 0 Å². The van der Waals surface area contributed by atoms with E-state index in [2.05, 4.69) is 10.3 Å². The second-order valence-corrected chi connectivity index (χ2v) is 5.79. The summed E-state index contributed by atoms with van der Waals surface area (Å²) < 4.78 is 6.46. The third-order valence-corrected chi connectivity index (χ3v) is 4.07. The summed E-state index contributed by atoms with van der Waals surface area (Å²) in [6.07, 6.45) is -0.878. The molecule has 9 heteroatoms. The molecule has 0 spiro atoms. The normalized spacial score (nSPS) is 22.2. The minimum absolute atomic E-state index is 0.0144. The number of aromatic nitrogens is 2. The van der Waals surface area contributed by atoms with Crippen LogP contribution in [0.3, 0.4) is 0 Å². The van der Waals surface area contributed by atoms with Gasteiger partial charge in [-0.1, -0.05) is 18.2 Å². The minimum atomic E-state index is -0.936. The Morgan fingerprint density at radius 3 is 2.73 bits per heavy atom. The van der Waals surface area contributed by atoms with E-state index in [0.717, 1.165) is 4.57 Å². The summed E-state index contributed by atoms with van der Waals surface area (Å²) >= 11 is 0. The Morgan fingerprint density at radius 1 is 1.38 bits per heavy atom. The lowest BCUT2D eigenvalue weighted by Gasteiger charge is -2.16. The van der Waals surface area contributed by atoms with Crippen LogP contribution in [0.5, 0.6) is 0 Å². The number of nitrogens with zero attached hydrogens (tertiary/aromatic N) is 2. The van der Waals surface area contributed by atoms with Gasteiger partial charge in [-0.3, -0.25) is 14.2 Å². The van der Waals surface area contributed by atoms with Crippen LogP contribution in [0.25, 0.3) is 0 Å². The molecule has 26 heavy (non-hydrogen) atoms. The van der Waals surface area contributed by atoms with Crippen molar-refractivity contribution >= 4 is 18.0 Å². The molecule has 1 fully saturated rings. The van der Waals surface area contributed by atoms with Crippen LogP contribution in [0.2, 0.25) is 0 Å². The maximum absolute atomic E-state index is 12.3. The number of nitrogens with one attached hydrogen (secondary N) is 1. The third-order valence-electron chi connectivity index (χ3n) is 4.07. The lowest BCUT2D eigenvalue weighted by molar-refractivity contribution is -0.0458.